The molecule has 0 unspecified atom stereocenters. The number of hydrogen-bond acceptors (Lipinski definition) is 3. The zero-order valence-electron chi connectivity index (χ0n) is 14.5. The average Bonchev–Trinajstić information content (AvgIpc) is 2.90. The summed E-state index contributed by atoms with van der Waals surface area (Å²) in [4.78, 5) is 16.9. The summed E-state index contributed by atoms with van der Waals surface area (Å²) in [5, 5.41) is 0. The number of carbonyl (C=O) groups is 1. The number of amides is 1. The molecule has 126 valence electrons. The number of piperidine rings is 1. The summed E-state index contributed by atoms with van der Waals surface area (Å²) in [7, 11) is 0. The molecule has 2 aliphatic heterocycles. The van der Waals surface area contributed by atoms with E-state index < -0.39 is 5.60 Å². The van der Waals surface area contributed by atoms with E-state index in [0.717, 1.165) is 39.0 Å². The number of likely N-dealkylation sites (tertiary alicyclic amines) is 2. The number of carbonyl (C=O) groups excluding carboxylic acids is 1. The number of ether oxygens (including phenoxy) is 1. The van der Waals surface area contributed by atoms with Crippen LogP contribution in [0.5, 0.6) is 0 Å². The van der Waals surface area contributed by atoms with Crippen LogP contribution in [0.2, 0.25) is 0 Å². The van der Waals surface area contributed by atoms with Crippen LogP contribution < -0.4 is 0 Å². The maximum Gasteiger partial charge on any atom is 0.410 e. The van der Waals surface area contributed by atoms with Gasteiger partial charge in [-0.2, -0.15) is 0 Å². The lowest BCUT2D eigenvalue weighted by atomic mass is 9.92. The maximum atomic E-state index is 12.4. The van der Waals surface area contributed by atoms with Gasteiger partial charge in [0, 0.05) is 32.2 Å². The Kier molecular flexibility index (Phi) is 4.62. The number of hydrogen-bond donors (Lipinski definition) is 0. The Balaban J connectivity index is 1.57. The third-order valence-electron chi connectivity index (χ3n) is 4.80. The minimum absolute atomic E-state index is 0.137. The molecule has 2 atom stereocenters. The average molecular weight is 316 g/mol. The van der Waals surface area contributed by atoms with Gasteiger partial charge in [-0.25, -0.2) is 4.79 Å². The first-order chi connectivity index (χ1) is 10.9. The molecular weight excluding hydrogens is 288 g/mol. The lowest BCUT2D eigenvalue weighted by Gasteiger charge is -2.38. The van der Waals surface area contributed by atoms with Crippen molar-refractivity contribution < 1.29 is 9.53 Å². The summed E-state index contributed by atoms with van der Waals surface area (Å²) in [6.45, 7) is 9.77. The van der Waals surface area contributed by atoms with Gasteiger partial charge in [-0.1, -0.05) is 30.3 Å². The Labute approximate surface area is 139 Å². The van der Waals surface area contributed by atoms with Gasteiger partial charge in [-0.05, 0) is 45.1 Å². The largest absolute Gasteiger partial charge is 0.444 e. The molecule has 2 heterocycles. The van der Waals surface area contributed by atoms with Crippen molar-refractivity contribution in [2.24, 2.45) is 5.92 Å². The van der Waals surface area contributed by atoms with Crippen molar-refractivity contribution in [2.45, 2.75) is 51.8 Å². The number of rotatable bonds is 2. The molecule has 4 heteroatoms. The summed E-state index contributed by atoms with van der Waals surface area (Å²) < 4.78 is 5.57. The summed E-state index contributed by atoms with van der Waals surface area (Å²) >= 11 is 0. The molecule has 1 aromatic carbocycles. The minimum atomic E-state index is -0.414. The van der Waals surface area contributed by atoms with Gasteiger partial charge in [0.25, 0.3) is 0 Å². The SMILES string of the molecule is CC(C)(C)OC(=O)N1CC[C@H]2CN(Cc3ccccc3)CC[C@H]21. The first kappa shape index (κ1) is 16.3. The number of benzene rings is 1. The summed E-state index contributed by atoms with van der Waals surface area (Å²) in [5.74, 6) is 0.583. The van der Waals surface area contributed by atoms with Crippen LogP contribution in [0.25, 0.3) is 0 Å². The second-order valence-corrected chi connectivity index (χ2v) is 7.80. The van der Waals surface area contributed by atoms with Crippen LogP contribution >= 0.6 is 0 Å². The molecule has 0 bridgehead atoms. The van der Waals surface area contributed by atoms with E-state index in [-0.39, 0.29) is 6.09 Å². The molecule has 0 spiro atoms. The van der Waals surface area contributed by atoms with Crippen molar-refractivity contribution in [1.29, 1.82) is 0 Å². The van der Waals surface area contributed by atoms with Gasteiger partial charge in [0.2, 0.25) is 0 Å². The Morgan fingerprint density at radius 2 is 1.91 bits per heavy atom. The summed E-state index contributed by atoms with van der Waals surface area (Å²) in [5.41, 5.74) is 0.955. The van der Waals surface area contributed by atoms with Gasteiger partial charge in [0.15, 0.2) is 0 Å². The van der Waals surface area contributed by atoms with Crippen molar-refractivity contribution >= 4 is 6.09 Å². The zero-order valence-corrected chi connectivity index (χ0v) is 14.5. The minimum Gasteiger partial charge on any atom is -0.444 e. The first-order valence-corrected chi connectivity index (χ1v) is 8.68. The summed E-state index contributed by atoms with van der Waals surface area (Å²) in [6.07, 6.45) is 2.01. The van der Waals surface area contributed by atoms with Crippen LogP contribution in [0, 0.1) is 5.92 Å². The normalized spacial score (nSPS) is 25.3. The van der Waals surface area contributed by atoms with E-state index in [2.05, 4.69) is 35.2 Å². The molecule has 2 fully saturated rings. The van der Waals surface area contributed by atoms with Crippen LogP contribution in [-0.4, -0.2) is 47.2 Å². The molecule has 0 saturated carbocycles. The second-order valence-electron chi connectivity index (χ2n) is 7.80. The molecule has 1 amide bonds. The quantitative estimate of drug-likeness (QED) is 0.837. The molecule has 4 nitrogen and oxygen atoms in total. The fraction of sp³-hybridized carbons (Fsp3) is 0.632. The van der Waals surface area contributed by atoms with Crippen molar-refractivity contribution in [2.75, 3.05) is 19.6 Å². The van der Waals surface area contributed by atoms with Crippen LogP contribution in [0.15, 0.2) is 30.3 Å². The molecule has 2 saturated heterocycles. The van der Waals surface area contributed by atoms with Gasteiger partial charge >= 0.3 is 6.09 Å². The van der Waals surface area contributed by atoms with E-state index in [1.807, 2.05) is 25.7 Å². The van der Waals surface area contributed by atoms with E-state index in [1.165, 1.54) is 5.56 Å². The molecule has 23 heavy (non-hydrogen) atoms. The highest BCUT2D eigenvalue weighted by Crippen LogP contribution is 2.33. The fourth-order valence-electron chi connectivity index (χ4n) is 3.79. The Morgan fingerprint density at radius 1 is 1.17 bits per heavy atom. The molecule has 0 aliphatic carbocycles. The van der Waals surface area contributed by atoms with Gasteiger partial charge in [-0.3, -0.25) is 4.90 Å². The highest BCUT2D eigenvalue weighted by molar-refractivity contribution is 5.69. The second kappa shape index (κ2) is 6.52. The maximum absolute atomic E-state index is 12.4. The molecule has 0 aromatic heterocycles. The van der Waals surface area contributed by atoms with E-state index in [1.54, 1.807) is 0 Å². The number of nitrogens with zero attached hydrogens (tertiary/aromatic N) is 2. The van der Waals surface area contributed by atoms with Crippen molar-refractivity contribution in [3.63, 3.8) is 0 Å². The lowest BCUT2D eigenvalue weighted by Crippen LogP contribution is -2.48. The summed E-state index contributed by atoms with van der Waals surface area (Å²) in [6, 6.07) is 11.0. The first-order valence-electron chi connectivity index (χ1n) is 8.68. The molecular formula is C19H28N2O2. The van der Waals surface area contributed by atoms with Gasteiger partial charge in [0.05, 0.1) is 0 Å². The van der Waals surface area contributed by atoms with Crippen LogP contribution in [-0.2, 0) is 11.3 Å². The predicted octanol–water partition coefficient (Wildman–Crippen LogP) is 3.52. The highest BCUT2D eigenvalue weighted by Gasteiger charge is 2.41. The van der Waals surface area contributed by atoms with Crippen molar-refractivity contribution in [3.05, 3.63) is 35.9 Å². The molecule has 0 radical (unpaired) electrons. The Hall–Kier alpha value is -1.55. The molecule has 2 aliphatic rings. The molecule has 0 N–H and O–H groups in total. The third kappa shape index (κ3) is 4.05. The van der Waals surface area contributed by atoms with Crippen LogP contribution in [0.3, 0.4) is 0 Å². The predicted molar refractivity (Wildman–Crippen MR) is 91.2 cm³/mol. The van der Waals surface area contributed by atoms with Crippen LogP contribution in [0.4, 0.5) is 4.79 Å². The fourth-order valence-corrected chi connectivity index (χ4v) is 3.79. The van der Waals surface area contributed by atoms with Crippen molar-refractivity contribution in [1.82, 2.24) is 9.80 Å². The van der Waals surface area contributed by atoms with E-state index in [9.17, 15) is 4.79 Å². The van der Waals surface area contributed by atoms with Crippen molar-refractivity contribution in [3.8, 4) is 0 Å². The van der Waals surface area contributed by atoms with Gasteiger partial charge in [0.1, 0.15) is 5.60 Å². The standard InChI is InChI=1S/C19H28N2O2/c1-19(2,3)23-18(22)21-12-9-16-14-20(11-10-17(16)21)13-15-7-5-4-6-8-15/h4-8,16-17H,9-14H2,1-3H3/t16-,17+/m0/s1. The number of fused-ring (bicyclic) bond motifs is 1. The molecule has 1 aromatic rings. The van der Waals surface area contributed by atoms with E-state index in [4.69, 9.17) is 4.74 Å². The highest BCUT2D eigenvalue weighted by atomic mass is 16.6. The van der Waals surface area contributed by atoms with Gasteiger partial charge < -0.3 is 9.64 Å². The zero-order chi connectivity index (χ0) is 16.4. The molecule has 3 rings (SSSR count). The Morgan fingerprint density at radius 3 is 2.61 bits per heavy atom. The monoisotopic (exact) mass is 316 g/mol. The van der Waals surface area contributed by atoms with E-state index >= 15 is 0 Å². The smallest absolute Gasteiger partial charge is 0.410 e. The van der Waals surface area contributed by atoms with Gasteiger partial charge in [-0.15, -0.1) is 0 Å². The van der Waals surface area contributed by atoms with Crippen LogP contribution in [0.1, 0.15) is 39.2 Å². The lowest BCUT2D eigenvalue weighted by molar-refractivity contribution is 0.0139. The Bertz CT molecular complexity index is 538. The topological polar surface area (TPSA) is 32.8 Å². The third-order valence-corrected chi connectivity index (χ3v) is 4.80. The van der Waals surface area contributed by atoms with E-state index in [0.29, 0.717) is 12.0 Å².